The van der Waals surface area contributed by atoms with E-state index in [-0.39, 0.29) is 0 Å². The summed E-state index contributed by atoms with van der Waals surface area (Å²) in [4.78, 5) is 0. The number of nitrogens with zero attached hydrogens (tertiary/aromatic N) is 1. The Morgan fingerprint density at radius 1 is 0.867 bits per heavy atom. The van der Waals surface area contributed by atoms with Crippen molar-refractivity contribution < 1.29 is 0 Å². The molecule has 0 aromatic heterocycles. The molecule has 1 heteroatoms. The second-order valence-electron chi connectivity index (χ2n) is 3.39. The molecule has 15 heavy (non-hydrogen) atoms. The third-order valence-corrected chi connectivity index (χ3v) is 2.00. The number of nitriles is 1. The Hall–Kier alpha value is -1.29. The zero-order valence-electron chi connectivity index (χ0n) is 9.65. The molecule has 0 heterocycles. The molecule has 0 amide bonds. The van der Waals surface area contributed by atoms with E-state index in [1.165, 1.54) is 12.8 Å². The van der Waals surface area contributed by atoms with Gasteiger partial charge in [0.25, 0.3) is 0 Å². The molecule has 0 aliphatic rings. The van der Waals surface area contributed by atoms with Gasteiger partial charge < -0.3 is 0 Å². The Labute approximate surface area is 93.8 Å². The highest BCUT2D eigenvalue weighted by Gasteiger charge is 1.80. The van der Waals surface area contributed by atoms with E-state index < -0.39 is 0 Å². The normalized spacial score (nSPS) is 11.7. The summed E-state index contributed by atoms with van der Waals surface area (Å²) < 4.78 is 0. The van der Waals surface area contributed by atoms with E-state index in [2.05, 4.69) is 31.2 Å². The molecule has 1 nitrogen and oxygen atoms in total. The van der Waals surface area contributed by atoms with Gasteiger partial charge in [0.15, 0.2) is 0 Å². The van der Waals surface area contributed by atoms with Gasteiger partial charge in [-0.1, -0.05) is 37.3 Å². The van der Waals surface area contributed by atoms with Crippen LogP contribution in [-0.4, -0.2) is 0 Å². The van der Waals surface area contributed by atoms with E-state index in [1.807, 2.05) is 12.1 Å². The van der Waals surface area contributed by atoms with Gasteiger partial charge in [-0.3, -0.25) is 0 Å². The third-order valence-electron chi connectivity index (χ3n) is 2.00. The number of allylic oxidation sites excluding steroid dienone is 6. The highest BCUT2D eigenvalue weighted by molar-refractivity contribution is 5.02. The van der Waals surface area contributed by atoms with Crippen molar-refractivity contribution >= 4 is 0 Å². The zero-order valence-corrected chi connectivity index (χ0v) is 9.65. The van der Waals surface area contributed by atoms with Crippen LogP contribution in [0.15, 0.2) is 36.5 Å². The summed E-state index contributed by atoms with van der Waals surface area (Å²) in [5, 5.41) is 8.25. The number of hydrogen-bond donors (Lipinski definition) is 0. The van der Waals surface area contributed by atoms with Crippen molar-refractivity contribution in [3.63, 3.8) is 0 Å². The predicted molar refractivity (Wildman–Crippen MR) is 66.4 cm³/mol. The van der Waals surface area contributed by atoms with E-state index in [0.29, 0.717) is 0 Å². The van der Waals surface area contributed by atoms with E-state index in [1.54, 1.807) is 6.08 Å². The first kappa shape index (κ1) is 13.7. The summed E-state index contributed by atoms with van der Waals surface area (Å²) in [6, 6.07) is 1.99. The van der Waals surface area contributed by atoms with Gasteiger partial charge in [0, 0.05) is 6.08 Å². The van der Waals surface area contributed by atoms with Gasteiger partial charge in [-0.15, -0.1) is 0 Å². The minimum absolute atomic E-state index is 0.972. The molecule has 0 bridgehead atoms. The molecule has 0 aliphatic heterocycles. The highest BCUT2D eigenvalue weighted by Crippen LogP contribution is 2.00. The molecule has 0 N–H and O–H groups in total. The van der Waals surface area contributed by atoms with E-state index in [9.17, 15) is 0 Å². The monoisotopic (exact) mass is 203 g/mol. The molecule has 82 valence electrons. The maximum Gasteiger partial charge on any atom is 0.0908 e. The van der Waals surface area contributed by atoms with Crippen LogP contribution >= 0.6 is 0 Å². The largest absolute Gasteiger partial charge is 0.193 e. The second-order valence-corrected chi connectivity index (χ2v) is 3.39. The molecular weight excluding hydrogens is 182 g/mol. The average Bonchev–Trinajstić information content (AvgIpc) is 2.26. The SMILES string of the molecule is CC/C=C/CCC/C=C/CC/C=C/C#N. The van der Waals surface area contributed by atoms with Crippen molar-refractivity contribution in [1.82, 2.24) is 0 Å². The van der Waals surface area contributed by atoms with Gasteiger partial charge in [-0.25, -0.2) is 0 Å². The van der Waals surface area contributed by atoms with E-state index in [0.717, 1.165) is 25.7 Å². The lowest BCUT2D eigenvalue weighted by Crippen LogP contribution is -1.70. The number of unbranched alkanes of at least 4 members (excludes halogenated alkanes) is 3. The van der Waals surface area contributed by atoms with Crippen LogP contribution in [0.1, 0.15) is 45.4 Å². The minimum Gasteiger partial charge on any atom is -0.193 e. The maximum atomic E-state index is 8.25. The third kappa shape index (κ3) is 12.7. The van der Waals surface area contributed by atoms with Crippen molar-refractivity contribution in [1.29, 1.82) is 5.26 Å². The van der Waals surface area contributed by atoms with E-state index in [4.69, 9.17) is 5.26 Å². The van der Waals surface area contributed by atoms with Gasteiger partial charge in [0.2, 0.25) is 0 Å². The summed E-state index contributed by atoms with van der Waals surface area (Å²) in [6.07, 6.45) is 19.1. The lowest BCUT2D eigenvalue weighted by molar-refractivity contribution is 0.859. The molecule has 0 spiro atoms. The van der Waals surface area contributed by atoms with Crippen LogP contribution in [0.5, 0.6) is 0 Å². The molecule has 0 aliphatic carbocycles. The van der Waals surface area contributed by atoms with Crippen molar-refractivity contribution in [2.45, 2.75) is 45.4 Å². The van der Waals surface area contributed by atoms with Gasteiger partial charge in [0.1, 0.15) is 0 Å². The molecule has 0 unspecified atom stereocenters. The summed E-state index contributed by atoms with van der Waals surface area (Å²) in [5.41, 5.74) is 0. The predicted octanol–water partition coefficient (Wildman–Crippen LogP) is 4.54. The maximum absolute atomic E-state index is 8.25. The molecule has 0 saturated heterocycles. The van der Waals surface area contributed by atoms with E-state index >= 15 is 0 Å². The van der Waals surface area contributed by atoms with Crippen LogP contribution in [0.3, 0.4) is 0 Å². The number of rotatable bonds is 8. The molecule has 0 aromatic rings. The average molecular weight is 203 g/mol. The van der Waals surface area contributed by atoms with Crippen molar-refractivity contribution in [3.05, 3.63) is 36.5 Å². The van der Waals surface area contributed by atoms with Crippen molar-refractivity contribution in [3.8, 4) is 6.07 Å². The first-order valence-electron chi connectivity index (χ1n) is 5.76. The van der Waals surface area contributed by atoms with Gasteiger partial charge in [-0.05, 0) is 38.5 Å². The van der Waals surface area contributed by atoms with Crippen molar-refractivity contribution in [2.75, 3.05) is 0 Å². The van der Waals surface area contributed by atoms with Crippen LogP contribution in [0.25, 0.3) is 0 Å². The Morgan fingerprint density at radius 2 is 1.47 bits per heavy atom. The molecule has 0 saturated carbocycles. The first-order chi connectivity index (χ1) is 7.41. The van der Waals surface area contributed by atoms with Crippen LogP contribution in [0, 0.1) is 11.3 Å². The lowest BCUT2D eigenvalue weighted by Gasteiger charge is -1.90. The second kappa shape index (κ2) is 12.7. The Morgan fingerprint density at radius 3 is 2.13 bits per heavy atom. The topological polar surface area (TPSA) is 23.8 Å². The van der Waals surface area contributed by atoms with Crippen LogP contribution in [0.2, 0.25) is 0 Å². The zero-order chi connectivity index (χ0) is 11.2. The summed E-state index contributed by atoms with van der Waals surface area (Å²) in [5.74, 6) is 0. The van der Waals surface area contributed by atoms with Gasteiger partial charge >= 0.3 is 0 Å². The number of hydrogen-bond acceptors (Lipinski definition) is 1. The molecule has 0 rings (SSSR count). The smallest absolute Gasteiger partial charge is 0.0908 e. The van der Waals surface area contributed by atoms with Crippen LogP contribution in [0.4, 0.5) is 0 Å². The van der Waals surface area contributed by atoms with Gasteiger partial charge in [0.05, 0.1) is 6.07 Å². The molecule has 0 fully saturated rings. The Kier molecular flexibility index (Phi) is 11.6. The fraction of sp³-hybridized carbons (Fsp3) is 0.500. The first-order valence-corrected chi connectivity index (χ1v) is 5.76. The fourth-order valence-corrected chi connectivity index (χ4v) is 1.20. The Bertz CT molecular complexity index is 241. The molecule has 0 radical (unpaired) electrons. The van der Waals surface area contributed by atoms with Gasteiger partial charge in [-0.2, -0.15) is 5.26 Å². The van der Waals surface area contributed by atoms with Crippen LogP contribution in [-0.2, 0) is 0 Å². The standard InChI is InChI=1S/C14H21N/c1-2-3-4-5-6-7-8-9-10-11-12-13-14-15/h3-4,8-9,12-13H,2,5-7,10-11H2,1H3/b4-3+,9-8+,13-12+. The Balaban J connectivity index is 3.21. The summed E-state index contributed by atoms with van der Waals surface area (Å²) in [6.45, 7) is 2.16. The highest BCUT2D eigenvalue weighted by atomic mass is 14.2. The fourth-order valence-electron chi connectivity index (χ4n) is 1.20. The minimum atomic E-state index is 0.972. The summed E-state index contributed by atoms with van der Waals surface area (Å²) in [7, 11) is 0. The van der Waals surface area contributed by atoms with Crippen LogP contribution < -0.4 is 0 Å². The molecule has 0 aromatic carbocycles. The summed E-state index contributed by atoms with van der Waals surface area (Å²) >= 11 is 0. The quantitative estimate of drug-likeness (QED) is 0.323. The van der Waals surface area contributed by atoms with Crippen molar-refractivity contribution in [2.24, 2.45) is 0 Å². The molecular formula is C14H21N. The molecule has 0 atom stereocenters. The lowest BCUT2D eigenvalue weighted by atomic mass is 10.2.